The van der Waals surface area contributed by atoms with Gasteiger partial charge < -0.3 is 4.74 Å². The highest BCUT2D eigenvalue weighted by Crippen LogP contribution is 2.12. The Morgan fingerprint density at radius 2 is 2.09 bits per heavy atom. The number of hydrogen-bond donors (Lipinski definition) is 0. The second-order valence-corrected chi connectivity index (χ2v) is 2.25. The molecular weight excluding hydrogens is 160 g/mol. The molecule has 0 atom stereocenters. The molecule has 0 aliphatic rings. The molecule has 0 bridgehead atoms. The van der Waals surface area contributed by atoms with E-state index >= 15 is 0 Å². The monoisotopic (exact) mass is 174 g/mol. The van der Waals surface area contributed by atoms with Gasteiger partial charge in [-0.3, -0.25) is 0 Å². The Labute approximate surface area is 71.6 Å². The second-order valence-electron chi connectivity index (χ2n) is 1.53. The van der Waals surface area contributed by atoms with Crippen LogP contribution in [0, 0.1) is 0 Å². The van der Waals surface area contributed by atoms with E-state index in [-0.39, 0.29) is 0 Å². The topological polar surface area (TPSA) is 35.0 Å². The van der Waals surface area contributed by atoms with Gasteiger partial charge in [0, 0.05) is 18.0 Å². The average molecular weight is 174 g/mol. The fraction of sp³-hybridized carbons (Fsp3) is 0.714. The van der Waals surface area contributed by atoms with Gasteiger partial charge in [0.1, 0.15) is 5.82 Å². The fourth-order valence-electron chi connectivity index (χ4n) is 0.464. The normalized spacial score (nSPS) is 8.36. The van der Waals surface area contributed by atoms with Gasteiger partial charge in [0.2, 0.25) is 0 Å². The Morgan fingerprint density at radius 1 is 1.45 bits per heavy atom. The first kappa shape index (κ1) is 10.4. The summed E-state index contributed by atoms with van der Waals surface area (Å²) in [4.78, 5) is 4.03. The van der Waals surface area contributed by atoms with Gasteiger partial charge in [0.15, 0.2) is 0 Å². The number of aromatic nitrogens is 2. The molecule has 0 aromatic carbocycles. The summed E-state index contributed by atoms with van der Waals surface area (Å²) in [7, 11) is 1.60. The predicted molar refractivity (Wildman–Crippen MR) is 47.2 cm³/mol. The van der Waals surface area contributed by atoms with Crippen molar-refractivity contribution in [3.05, 3.63) is 5.82 Å². The molecule has 1 heterocycles. The van der Waals surface area contributed by atoms with Gasteiger partial charge in [-0.2, -0.15) is 9.36 Å². The molecule has 0 amide bonds. The first-order chi connectivity index (χ1) is 5.36. The summed E-state index contributed by atoms with van der Waals surface area (Å²) in [6.07, 6.45) is 0.875. The first-order valence-corrected chi connectivity index (χ1v) is 4.50. The molecule has 1 aromatic rings. The van der Waals surface area contributed by atoms with Crippen LogP contribution in [0.5, 0.6) is 5.19 Å². The van der Waals surface area contributed by atoms with Crippen LogP contribution < -0.4 is 4.74 Å². The van der Waals surface area contributed by atoms with Gasteiger partial charge in [0.25, 0.3) is 5.19 Å². The molecular formula is C7H14N2OS. The molecule has 0 unspecified atom stereocenters. The van der Waals surface area contributed by atoms with Gasteiger partial charge >= 0.3 is 0 Å². The molecule has 1 rings (SSSR count). The minimum Gasteiger partial charge on any atom is -0.472 e. The van der Waals surface area contributed by atoms with Crippen LogP contribution in [-0.4, -0.2) is 16.5 Å². The van der Waals surface area contributed by atoms with E-state index in [0.717, 1.165) is 12.2 Å². The van der Waals surface area contributed by atoms with Crippen molar-refractivity contribution in [1.82, 2.24) is 9.36 Å². The Kier molecular flexibility index (Phi) is 5.74. The molecule has 4 heteroatoms. The van der Waals surface area contributed by atoms with Crippen LogP contribution >= 0.6 is 11.5 Å². The third-order valence-electron chi connectivity index (χ3n) is 0.940. The summed E-state index contributed by atoms with van der Waals surface area (Å²) < 4.78 is 8.85. The molecule has 0 saturated carbocycles. The highest BCUT2D eigenvalue weighted by atomic mass is 32.1. The number of aryl methyl sites for hydroxylation is 1. The summed E-state index contributed by atoms with van der Waals surface area (Å²) in [6.45, 7) is 6.02. The third-order valence-corrected chi connectivity index (χ3v) is 1.66. The number of rotatable bonds is 2. The van der Waals surface area contributed by atoms with E-state index in [2.05, 4.69) is 9.36 Å². The van der Waals surface area contributed by atoms with Crippen LogP contribution in [0.3, 0.4) is 0 Å². The zero-order chi connectivity index (χ0) is 8.69. The highest BCUT2D eigenvalue weighted by molar-refractivity contribution is 7.07. The zero-order valence-corrected chi connectivity index (χ0v) is 8.23. The fourth-order valence-corrected chi connectivity index (χ4v) is 1.04. The smallest absolute Gasteiger partial charge is 0.292 e. The van der Waals surface area contributed by atoms with Crippen molar-refractivity contribution in [2.24, 2.45) is 0 Å². The molecule has 0 saturated heterocycles. The molecule has 0 aliphatic heterocycles. The first-order valence-electron chi connectivity index (χ1n) is 3.73. The van der Waals surface area contributed by atoms with Crippen molar-refractivity contribution >= 4 is 11.5 Å². The van der Waals surface area contributed by atoms with Crippen LogP contribution in [0.4, 0.5) is 0 Å². The lowest BCUT2D eigenvalue weighted by Gasteiger charge is -1.84. The number of nitrogens with zero attached hydrogens (tertiary/aromatic N) is 2. The predicted octanol–water partition coefficient (Wildman–Crippen LogP) is 2.14. The van der Waals surface area contributed by atoms with E-state index in [9.17, 15) is 0 Å². The van der Waals surface area contributed by atoms with Crippen molar-refractivity contribution < 1.29 is 4.74 Å². The van der Waals surface area contributed by atoms with Crippen molar-refractivity contribution in [3.63, 3.8) is 0 Å². The number of methoxy groups -OCH3 is 1. The lowest BCUT2D eigenvalue weighted by molar-refractivity contribution is 0.411. The van der Waals surface area contributed by atoms with E-state index in [1.807, 2.05) is 20.8 Å². The molecule has 3 nitrogen and oxygen atoms in total. The van der Waals surface area contributed by atoms with Crippen molar-refractivity contribution in [2.75, 3.05) is 7.11 Å². The standard InChI is InChI=1S/C5H8N2OS.C2H6/c1-3-4-6-5(8-2)9-7-4;1-2/h3H2,1-2H3;1-2H3. The Bertz CT molecular complexity index is 170. The van der Waals surface area contributed by atoms with Gasteiger partial charge in [-0.1, -0.05) is 20.8 Å². The summed E-state index contributed by atoms with van der Waals surface area (Å²) in [5.74, 6) is 0.858. The van der Waals surface area contributed by atoms with Crippen LogP contribution in [0.1, 0.15) is 26.6 Å². The largest absolute Gasteiger partial charge is 0.472 e. The van der Waals surface area contributed by atoms with Crippen molar-refractivity contribution in [3.8, 4) is 5.19 Å². The lowest BCUT2D eigenvalue weighted by Crippen LogP contribution is -1.83. The Morgan fingerprint density at radius 3 is 2.36 bits per heavy atom. The lowest BCUT2D eigenvalue weighted by atomic mass is 10.5. The van der Waals surface area contributed by atoms with Gasteiger partial charge in [0.05, 0.1) is 7.11 Å². The summed E-state index contributed by atoms with van der Waals surface area (Å²) in [5, 5.41) is 0.645. The molecule has 1 aromatic heterocycles. The molecule has 0 spiro atoms. The molecule has 11 heavy (non-hydrogen) atoms. The van der Waals surface area contributed by atoms with E-state index < -0.39 is 0 Å². The molecule has 0 aliphatic carbocycles. The van der Waals surface area contributed by atoms with Crippen LogP contribution in [0.2, 0.25) is 0 Å². The maximum absolute atomic E-state index is 4.84. The van der Waals surface area contributed by atoms with Gasteiger partial charge in [-0.15, -0.1) is 0 Å². The van der Waals surface area contributed by atoms with Crippen LogP contribution in [0.25, 0.3) is 0 Å². The van der Waals surface area contributed by atoms with Crippen molar-refractivity contribution in [2.45, 2.75) is 27.2 Å². The maximum atomic E-state index is 4.84. The Balaban J connectivity index is 0.000000461. The van der Waals surface area contributed by atoms with Gasteiger partial charge in [-0.25, -0.2) is 0 Å². The van der Waals surface area contributed by atoms with E-state index in [1.54, 1.807) is 7.11 Å². The van der Waals surface area contributed by atoms with Crippen molar-refractivity contribution in [1.29, 1.82) is 0 Å². The summed E-state index contributed by atoms with van der Waals surface area (Å²) >= 11 is 1.29. The van der Waals surface area contributed by atoms with E-state index in [4.69, 9.17) is 4.74 Å². The molecule has 0 fully saturated rings. The SMILES string of the molecule is CC.CCc1nsc(OC)n1. The van der Waals surface area contributed by atoms with E-state index in [0.29, 0.717) is 5.19 Å². The minimum absolute atomic E-state index is 0.645. The zero-order valence-electron chi connectivity index (χ0n) is 7.42. The van der Waals surface area contributed by atoms with E-state index in [1.165, 1.54) is 11.5 Å². The van der Waals surface area contributed by atoms with Gasteiger partial charge in [-0.05, 0) is 0 Å². The highest BCUT2D eigenvalue weighted by Gasteiger charge is 1.98. The summed E-state index contributed by atoms with van der Waals surface area (Å²) in [6, 6.07) is 0. The number of ether oxygens (including phenoxy) is 1. The molecule has 0 N–H and O–H groups in total. The Hall–Kier alpha value is -0.640. The minimum atomic E-state index is 0.645. The van der Waals surface area contributed by atoms with Crippen LogP contribution in [0.15, 0.2) is 0 Å². The molecule has 64 valence electrons. The molecule has 0 radical (unpaired) electrons. The quantitative estimate of drug-likeness (QED) is 0.689. The second kappa shape index (κ2) is 6.09. The maximum Gasteiger partial charge on any atom is 0.292 e. The third kappa shape index (κ3) is 3.32. The average Bonchev–Trinajstić information content (AvgIpc) is 2.55. The number of hydrogen-bond acceptors (Lipinski definition) is 4. The van der Waals surface area contributed by atoms with Crippen LogP contribution in [-0.2, 0) is 6.42 Å². The summed E-state index contributed by atoms with van der Waals surface area (Å²) in [5.41, 5.74) is 0.